The third kappa shape index (κ3) is 2.49. The quantitative estimate of drug-likeness (QED) is 0.707. The molecule has 0 aromatic heterocycles. The van der Waals surface area contributed by atoms with Crippen molar-refractivity contribution >= 4 is 12.0 Å². The standard InChI is InChI=1S/C13H15NO2/c1-11-4-2-3-5-12(11)6-7-13(15)14-8-9-16-10-14/h2-7H,8-10H2,1H3/b7-6+. The molecule has 1 saturated heterocycles. The number of carbonyl (C=O) groups excluding carboxylic acids is 1. The summed E-state index contributed by atoms with van der Waals surface area (Å²) < 4.78 is 5.13. The minimum absolute atomic E-state index is 0.0146. The van der Waals surface area contributed by atoms with E-state index in [-0.39, 0.29) is 5.91 Å². The molecule has 0 atom stereocenters. The topological polar surface area (TPSA) is 29.5 Å². The second-order valence-corrected chi connectivity index (χ2v) is 3.83. The van der Waals surface area contributed by atoms with E-state index in [0.29, 0.717) is 19.9 Å². The van der Waals surface area contributed by atoms with Gasteiger partial charge in [0.2, 0.25) is 5.91 Å². The van der Waals surface area contributed by atoms with Crippen LogP contribution in [-0.4, -0.2) is 30.7 Å². The maximum atomic E-state index is 11.7. The molecule has 1 aromatic carbocycles. The van der Waals surface area contributed by atoms with Gasteiger partial charge < -0.3 is 9.64 Å². The summed E-state index contributed by atoms with van der Waals surface area (Å²) in [5.74, 6) is 0.0146. The van der Waals surface area contributed by atoms with E-state index in [4.69, 9.17) is 4.74 Å². The number of benzene rings is 1. The molecule has 1 aliphatic rings. The zero-order chi connectivity index (χ0) is 11.4. The van der Waals surface area contributed by atoms with Gasteiger partial charge in [-0.25, -0.2) is 0 Å². The molecule has 3 heteroatoms. The average molecular weight is 217 g/mol. The van der Waals surface area contributed by atoms with Gasteiger partial charge in [-0.15, -0.1) is 0 Å². The largest absolute Gasteiger partial charge is 0.359 e. The zero-order valence-corrected chi connectivity index (χ0v) is 9.35. The number of amides is 1. The van der Waals surface area contributed by atoms with Crippen LogP contribution in [0.25, 0.3) is 6.08 Å². The van der Waals surface area contributed by atoms with Gasteiger partial charge in [0.05, 0.1) is 6.61 Å². The molecule has 1 aliphatic heterocycles. The highest BCUT2D eigenvalue weighted by Crippen LogP contribution is 2.09. The number of hydrogen-bond donors (Lipinski definition) is 0. The van der Waals surface area contributed by atoms with E-state index in [0.717, 1.165) is 5.56 Å². The van der Waals surface area contributed by atoms with Crippen molar-refractivity contribution in [2.24, 2.45) is 0 Å². The van der Waals surface area contributed by atoms with Crippen molar-refractivity contribution in [3.63, 3.8) is 0 Å². The summed E-state index contributed by atoms with van der Waals surface area (Å²) in [6, 6.07) is 7.99. The predicted molar refractivity (Wildman–Crippen MR) is 62.7 cm³/mol. The van der Waals surface area contributed by atoms with Gasteiger partial charge in [-0.05, 0) is 24.1 Å². The Morgan fingerprint density at radius 3 is 2.94 bits per heavy atom. The van der Waals surface area contributed by atoms with E-state index in [1.807, 2.05) is 37.3 Å². The summed E-state index contributed by atoms with van der Waals surface area (Å²) >= 11 is 0. The first kappa shape index (κ1) is 10.9. The Kier molecular flexibility index (Phi) is 3.37. The van der Waals surface area contributed by atoms with Crippen LogP contribution in [0, 0.1) is 6.92 Å². The Morgan fingerprint density at radius 1 is 1.44 bits per heavy atom. The summed E-state index contributed by atoms with van der Waals surface area (Å²) in [5, 5.41) is 0. The Bertz CT molecular complexity index is 406. The molecule has 1 aromatic rings. The maximum absolute atomic E-state index is 11.7. The van der Waals surface area contributed by atoms with Gasteiger partial charge in [-0.1, -0.05) is 24.3 Å². The van der Waals surface area contributed by atoms with Crippen LogP contribution in [0.1, 0.15) is 11.1 Å². The minimum atomic E-state index is 0.0146. The molecule has 1 amide bonds. The lowest BCUT2D eigenvalue weighted by atomic mass is 10.1. The number of hydrogen-bond acceptors (Lipinski definition) is 2. The number of carbonyl (C=O) groups is 1. The lowest BCUT2D eigenvalue weighted by Gasteiger charge is -2.09. The molecule has 2 rings (SSSR count). The molecule has 0 unspecified atom stereocenters. The van der Waals surface area contributed by atoms with E-state index in [1.54, 1.807) is 11.0 Å². The Hall–Kier alpha value is -1.61. The summed E-state index contributed by atoms with van der Waals surface area (Å²) in [5.41, 5.74) is 2.25. The van der Waals surface area contributed by atoms with E-state index in [2.05, 4.69) is 0 Å². The molecule has 0 spiro atoms. The lowest BCUT2D eigenvalue weighted by molar-refractivity contribution is -0.126. The summed E-state index contributed by atoms with van der Waals surface area (Å²) in [7, 11) is 0. The van der Waals surface area contributed by atoms with Crippen molar-refractivity contribution in [2.45, 2.75) is 6.92 Å². The van der Waals surface area contributed by atoms with Gasteiger partial charge in [0.1, 0.15) is 6.73 Å². The molecule has 0 radical (unpaired) electrons. The van der Waals surface area contributed by atoms with Crippen LogP contribution < -0.4 is 0 Å². The fourth-order valence-corrected chi connectivity index (χ4v) is 1.63. The van der Waals surface area contributed by atoms with E-state index < -0.39 is 0 Å². The molecule has 0 bridgehead atoms. The second kappa shape index (κ2) is 4.94. The van der Waals surface area contributed by atoms with Crippen LogP contribution in [0.4, 0.5) is 0 Å². The first-order chi connectivity index (χ1) is 7.77. The molecule has 0 aliphatic carbocycles. The number of ether oxygens (including phenoxy) is 1. The van der Waals surface area contributed by atoms with Gasteiger partial charge in [0, 0.05) is 12.6 Å². The van der Waals surface area contributed by atoms with E-state index in [1.165, 1.54) is 5.56 Å². The smallest absolute Gasteiger partial charge is 0.248 e. The zero-order valence-electron chi connectivity index (χ0n) is 9.35. The highest BCUT2D eigenvalue weighted by molar-refractivity contribution is 5.92. The number of rotatable bonds is 2. The van der Waals surface area contributed by atoms with Crippen LogP contribution in [0.2, 0.25) is 0 Å². The summed E-state index contributed by atoms with van der Waals surface area (Å²) in [4.78, 5) is 13.4. The molecule has 0 saturated carbocycles. The van der Waals surface area contributed by atoms with Crippen molar-refractivity contribution in [2.75, 3.05) is 19.9 Å². The highest BCUT2D eigenvalue weighted by Gasteiger charge is 2.15. The third-order valence-corrected chi connectivity index (χ3v) is 2.66. The predicted octanol–water partition coefficient (Wildman–Crippen LogP) is 1.82. The van der Waals surface area contributed by atoms with Crippen molar-refractivity contribution in [1.29, 1.82) is 0 Å². The summed E-state index contributed by atoms with van der Waals surface area (Å²) in [6.45, 7) is 3.78. The molecule has 1 heterocycles. The fraction of sp³-hybridized carbons (Fsp3) is 0.308. The van der Waals surface area contributed by atoms with Crippen LogP contribution in [0.5, 0.6) is 0 Å². The van der Waals surface area contributed by atoms with Crippen molar-refractivity contribution in [3.05, 3.63) is 41.5 Å². The van der Waals surface area contributed by atoms with E-state index >= 15 is 0 Å². The molecule has 84 valence electrons. The number of nitrogens with zero attached hydrogens (tertiary/aromatic N) is 1. The molecular formula is C13H15NO2. The normalized spacial score (nSPS) is 15.9. The van der Waals surface area contributed by atoms with E-state index in [9.17, 15) is 4.79 Å². The summed E-state index contributed by atoms with van der Waals surface area (Å²) in [6.07, 6.45) is 3.47. The first-order valence-corrected chi connectivity index (χ1v) is 5.38. The van der Waals surface area contributed by atoms with Crippen molar-refractivity contribution in [3.8, 4) is 0 Å². The lowest BCUT2D eigenvalue weighted by Crippen LogP contribution is -2.26. The Morgan fingerprint density at radius 2 is 2.25 bits per heavy atom. The van der Waals surface area contributed by atoms with Crippen LogP contribution >= 0.6 is 0 Å². The Balaban J connectivity index is 2.03. The fourth-order valence-electron chi connectivity index (χ4n) is 1.63. The highest BCUT2D eigenvalue weighted by atomic mass is 16.5. The molecule has 3 nitrogen and oxygen atoms in total. The van der Waals surface area contributed by atoms with Gasteiger partial charge in [-0.3, -0.25) is 4.79 Å². The molecule has 1 fully saturated rings. The van der Waals surface area contributed by atoms with Gasteiger partial charge in [0.25, 0.3) is 0 Å². The van der Waals surface area contributed by atoms with Gasteiger partial charge in [0.15, 0.2) is 0 Å². The SMILES string of the molecule is Cc1ccccc1/C=C/C(=O)N1CCOC1. The van der Waals surface area contributed by atoms with Crippen LogP contribution in [-0.2, 0) is 9.53 Å². The van der Waals surface area contributed by atoms with Crippen molar-refractivity contribution < 1.29 is 9.53 Å². The molecule has 0 N–H and O–H groups in total. The average Bonchev–Trinajstić information content (AvgIpc) is 2.81. The van der Waals surface area contributed by atoms with Gasteiger partial charge >= 0.3 is 0 Å². The minimum Gasteiger partial charge on any atom is -0.359 e. The second-order valence-electron chi connectivity index (χ2n) is 3.83. The van der Waals surface area contributed by atoms with Crippen LogP contribution in [0.3, 0.4) is 0 Å². The first-order valence-electron chi connectivity index (χ1n) is 5.38. The van der Waals surface area contributed by atoms with Crippen LogP contribution in [0.15, 0.2) is 30.3 Å². The van der Waals surface area contributed by atoms with Crippen molar-refractivity contribution in [1.82, 2.24) is 4.90 Å². The maximum Gasteiger partial charge on any atom is 0.248 e. The molecule has 16 heavy (non-hydrogen) atoms. The monoisotopic (exact) mass is 217 g/mol. The molecular weight excluding hydrogens is 202 g/mol. The number of aryl methyl sites for hydroxylation is 1. The Labute approximate surface area is 95.3 Å². The van der Waals surface area contributed by atoms with Gasteiger partial charge in [-0.2, -0.15) is 0 Å². The third-order valence-electron chi connectivity index (χ3n) is 2.66.